The summed E-state index contributed by atoms with van der Waals surface area (Å²) in [5.41, 5.74) is 0.961. The molecule has 1 N–H and O–H groups in total. The number of amides is 1. The van der Waals surface area contributed by atoms with Gasteiger partial charge in [-0.3, -0.25) is 0 Å². The molecule has 0 bridgehead atoms. The van der Waals surface area contributed by atoms with Crippen molar-refractivity contribution in [3.63, 3.8) is 0 Å². The van der Waals surface area contributed by atoms with Crippen molar-refractivity contribution in [1.29, 1.82) is 0 Å². The second-order valence-electron chi connectivity index (χ2n) is 3.56. The van der Waals surface area contributed by atoms with Gasteiger partial charge in [0, 0.05) is 12.1 Å². The normalized spacial score (nSPS) is 21.4. The molecule has 0 saturated carbocycles. The van der Waals surface area contributed by atoms with Crippen LogP contribution in [0.5, 0.6) is 0 Å². The number of alkyl carbamates (subject to hydrolysis) is 1. The molecule has 1 amide bonds. The molecule has 1 aliphatic heterocycles. The number of methoxy groups -OCH3 is 1. The van der Waals surface area contributed by atoms with Crippen LogP contribution >= 0.6 is 11.6 Å². The van der Waals surface area contributed by atoms with Gasteiger partial charge < -0.3 is 14.8 Å². The molecule has 0 spiro atoms. The Labute approximate surface area is 98.5 Å². The van der Waals surface area contributed by atoms with Crippen LogP contribution in [0.3, 0.4) is 0 Å². The van der Waals surface area contributed by atoms with Crippen molar-refractivity contribution in [2.45, 2.75) is 12.1 Å². The zero-order valence-electron chi connectivity index (χ0n) is 8.77. The molecule has 1 aromatic rings. The first-order valence-corrected chi connectivity index (χ1v) is 5.30. The SMILES string of the molecule is CO[C@@H](c1ccc(Cl)cc1)[C@H]1COC(=O)N1. The fourth-order valence-corrected chi connectivity index (χ4v) is 1.87. The maximum absolute atomic E-state index is 10.9. The van der Waals surface area contributed by atoms with Gasteiger partial charge in [-0.1, -0.05) is 23.7 Å². The van der Waals surface area contributed by atoms with Gasteiger partial charge in [0.25, 0.3) is 0 Å². The first-order valence-electron chi connectivity index (χ1n) is 4.92. The summed E-state index contributed by atoms with van der Waals surface area (Å²) in [5, 5.41) is 3.37. The van der Waals surface area contributed by atoms with Crippen LogP contribution in [0.4, 0.5) is 4.79 Å². The largest absolute Gasteiger partial charge is 0.447 e. The van der Waals surface area contributed by atoms with E-state index in [1.807, 2.05) is 12.1 Å². The lowest BCUT2D eigenvalue weighted by atomic mass is 10.0. The van der Waals surface area contributed by atoms with Crippen molar-refractivity contribution in [2.24, 2.45) is 0 Å². The average Bonchev–Trinajstić information content (AvgIpc) is 2.69. The minimum absolute atomic E-state index is 0.154. The fourth-order valence-electron chi connectivity index (χ4n) is 1.75. The van der Waals surface area contributed by atoms with E-state index in [-0.39, 0.29) is 12.1 Å². The van der Waals surface area contributed by atoms with E-state index in [1.54, 1.807) is 19.2 Å². The third kappa shape index (κ3) is 2.28. The molecule has 2 atom stereocenters. The number of benzene rings is 1. The molecule has 1 saturated heterocycles. The Bertz CT molecular complexity index is 379. The van der Waals surface area contributed by atoms with Crippen molar-refractivity contribution >= 4 is 17.7 Å². The number of hydrogen-bond donors (Lipinski definition) is 1. The Morgan fingerprint density at radius 2 is 2.19 bits per heavy atom. The number of halogens is 1. The van der Waals surface area contributed by atoms with Gasteiger partial charge in [-0.2, -0.15) is 0 Å². The van der Waals surface area contributed by atoms with Gasteiger partial charge in [0.05, 0.1) is 6.04 Å². The minimum atomic E-state index is -0.402. The van der Waals surface area contributed by atoms with Crippen LogP contribution in [0.25, 0.3) is 0 Å². The smallest absolute Gasteiger partial charge is 0.407 e. The van der Waals surface area contributed by atoms with Gasteiger partial charge in [0.2, 0.25) is 0 Å². The topological polar surface area (TPSA) is 47.6 Å². The average molecular weight is 242 g/mol. The van der Waals surface area contributed by atoms with Crippen LogP contribution < -0.4 is 5.32 Å². The van der Waals surface area contributed by atoms with E-state index >= 15 is 0 Å². The quantitative estimate of drug-likeness (QED) is 0.882. The van der Waals surface area contributed by atoms with E-state index in [4.69, 9.17) is 21.1 Å². The molecule has 0 unspecified atom stereocenters. The van der Waals surface area contributed by atoms with E-state index in [0.29, 0.717) is 11.6 Å². The number of ether oxygens (including phenoxy) is 2. The molecular weight excluding hydrogens is 230 g/mol. The first kappa shape index (κ1) is 11.2. The van der Waals surface area contributed by atoms with Crippen LogP contribution in [-0.2, 0) is 9.47 Å². The van der Waals surface area contributed by atoms with Crippen molar-refractivity contribution in [3.05, 3.63) is 34.9 Å². The summed E-state index contributed by atoms with van der Waals surface area (Å²) in [4.78, 5) is 10.9. The summed E-state index contributed by atoms with van der Waals surface area (Å²) >= 11 is 5.81. The Morgan fingerprint density at radius 3 is 2.69 bits per heavy atom. The molecule has 2 rings (SSSR count). The highest BCUT2D eigenvalue weighted by Crippen LogP contribution is 2.24. The maximum Gasteiger partial charge on any atom is 0.407 e. The highest BCUT2D eigenvalue weighted by molar-refractivity contribution is 6.30. The van der Waals surface area contributed by atoms with Gasteiger partial charge >= 0.3 is 6.09 Å². The third-order valence-electron chi connectivity index (χ3n) is 2.52. The first-order chi connectivity index (χ1) is 7.70. The summed E-state index contributed by atoms with van der Waals surface area (Å²) < 4.78 is 10.2. The molecule has 4 nitrogen and oxygen atoms in total. The van der Waals surface area contributed by atoms with E-state index < -0.39 is 6.09 Å². The lowest BCUT2D eigenvalue weighted by Crippen LogP contribution is -2.33. The summed E-state index contributed by atoms with van der Waals surface area (Å²) in [7, 11) is 1.60. The highest BCUT2D eigenvalue weighted by Gasteiger charge is 2.31. The predicted molar refractivity (Wildman–Crippen MR) is 59.5 cm³/mol. The Kier molecular flexibility index (Phi) is 3.31. The summed E-state index contributed by atoms with van der Waals surface area (Å²) in [6, 6.07) is 7.18. The molecular formula is C11H12ClNO3. The maximum atomic E-state index is 10.9. The zero-order valence-corrected chi connectivity index (χ0v) is 9.53. The highest BCUT2D eigenvalue weighted by atomic mass is 35.5. The molecule has 1 aliphatic rings. The van der Waals surface area contributed by atoms with Crippen molar-refractivity contribution in [1.82, 2.24) is 5.32 Å². The molecule has 0 radical (unpaired) electrons. The molecule has 1 fully saturated rings. The lowest BCUT2D eigenvalue weighted by molar-refractivity contribution is 0.0692. The number of rotatable bonds is 3. The number of carbonyl (C=O) groups is 1. The van der Waals surface area contributed by atoms with E-state index in [2.05, 4.69) is 5.32 Å². The van der Waals surface area contributed by atoms with Crippen molar-refractivity contribution < 1.29 is 14.3 Å². The summed E-state index contributed by atoms with van der Waals surface area (Å²) in [6.45, 7) is 0.319. The van der Waals surface area contributed by atoms with Crippen LogP contribution in [-0.4, -0.2) is 25.9 Å². The van der Waals surface area contributed by atoms with Crippen molar-refractivity contribution in [2.75, 3.05) is 13.7 Å². The minimum Gasteiger partial charge on any atom is -0.447 e. The molecule has 1 heterocycles. The lowest BCUT2D eigenvalue weighted by Gasteiger charge is -2.20. The monoisotopic (exact) mass is 241 g/mol. The summed E-state index contributed by atoms with van der Waals surface area (Å²) in [5.74, 6) is 0. The molecule has 5 heteroatoms. The third-order valence-corrected chi connectivity index (χ3v) is 2.77. The van der Waals surface area contributed by atoms with Crippen LogP contribution in [0, 0.1) is 0 Å². The second-order valence-corrected chi connectivity index (χ2v) is 3.99. The number of nitrogens with one attached hydrogen (secondary N) is 1. The van der Waals surface area contributed by atoms with E-state index in [0.717, 1.165) is 5.56 Å². The zero-order chi connectivity index (χ0) is 11.5. The number of carbonyl (C=O) groups excluding carboxylic acids is 1. The second kappa shape index (κ2) is 4.72. The summed E-state index contributed by atoms with van der Waals surface area (Å²) in [6.07, 6.45) is -0.621. The standard InChI is InChI=1S/C11H12ClNO3/c1-15-10(9-6-16-11(14)13-9)7-2-4-8(12)5-3-7/h2-5,9-10H,6H2,1H3,(H,13,14)/t9-,10+/m1/s1. The van der Waals surface area contributed by atoms with Gasteiger partial charge in [-0.25, -0.2) is 4.79 Å². The van der Waals surface area contributed by atoms with Crippen molar-refractivity contribution in [3.8, 4) is 0 Å². The molecule has 16 heavy (non-hydrogen) atoms. The Balaban J connectivity index is 2.16. The Hall–Kier alpha value is -1.26. The van der Waals surface area contributed by atoms with Gasteiger partial charge in [-0.05, 0) is 17.7 Å². The number of hydrogen-bond acceptors (Lipinski definition) is 3. The van der Waals surface area contributed by atoms with Crippen LogP contribution in [0.1, 0.15) is 11.7 Å². The molecule has 0 aromatic heterocycles. The molecule has 86 valence electrons. The van der Waals surface area contributed by atoms with E-state index in [9.17, 15) is 4.79 Å². The van der Waals surface area contributed by atoms with Gasteiger partial charge in [0.1, 0.15) is 12.7 Å². The predicted octanol–water partition coefficient (Wildman–Crippen LogP) is 2.14. The van der Waals surface area contributed by atoms with Gasteiger partial charge in [-0.15, -0.1) is 0 Å². The fraction of sp³-hybridized carbons (Fsp3) is 0.364. The van der Waals surface area contributed by atoms with E-state index in [1.165, 1.54) is 0 Å². The number of cyclic esters (lactones) is 1. The van der Waals surface area contributed by atoms with Crippen LogP contribution in [0.2, 0.25) is 5.02 Å². The molecule has 1 aromatic carbocycles. The Morgan fingerprint density at radius 1 is 1.50 bits per heavy atom. The van der Waals surface area contributed by atoms with Crippen LogP contribution in [0.15, 0.2) is 24.3 Å². The van der Waals surface area contributed by atoms with Gasteiger partial charge in [0.15, 0.2) is 0 Å². The molecule has 0 aliphatic carbocycles.